The molecule has 5 nitrogen and oxygen atoms in total. The molecule has 1 heterocycles. The van der Waals surface area contributed by atoms with Crippen LogP contribution in [0.15, 0.2) is 24.3 Å². The molecule has 1 aliphatic rings. The second kappa shape index (κ2) is 6.52. The van der Waals surface area contributed by atoms with E-state index in [-0.39, 0.29) is 5.91 Å². The molecule has 0 saturated carbocycles. The number of ether oxygens (including phenoxy) is 1. The molecule has 1 amide bonds. The lowest BCUT2D eigenvalue weighted by Gasteiger charge is -2.12. The van der Waals surface area contributed by atoms with Crippen LogP contribution >= 0.6 is 0 Å². The number of amides is 1. The van der Waals surface area contributed by atoms with E-state index in [1.54, 1.807) is 0 Å². The summed E-state index contributed by atoms with van der Waals surface area (Å²) in [6, 6.07) is 7.67. The topological polar surface area (TPSA) is 75.6 Å². The molecule has 0 unspecified atom stereocenters. The van der Waals surface area contributed by atoms with E-state index in [0.29, 0.717) is 18.5 Å². The minimum Gasteiger partial charge on any atom is -0.479 e. The molecule has 2 rings (SSSR count). The number of carbonyl (C=O) groups excluding carboxylic acids is 1. The van der Waals surface area contributed by atoms with Gasteiger partial charge in [-0.25, -0.2) is 4.79 Å². The van der Waals surface area contributed by atoms with Gasteiger partial charge in [0.1, 0.15) is 6.10 Å². The molecule has 5 heteroatoms. The van der Waals surface area contributed by atoms with Gasteiger partial charge in [0, 0.05) is 5.69 Å². The van der Waals surface area contributed by atoms with E-state index in [1.165, 1.54) is 5.56 Å². The van der Waals surface area contributed by atoms with Crippen molar-refractivity contribution in [3.05, 3.63) is 29.8 Å². The quantitative estimate of drug-likeness (QED) is 0.865. The van der Waals surface area contributed by atoms with Gasteiger partial charge in [0.15, 0.2) is 6.10 Å². The second-order valence-corrected chi connectivity index (χ2v) is 4.97. The summed E-state index contributed by atoms with van der Waals surface area (Å²) in [4.78, 5) is 22.7. The fourth-order valence-corrected chi connectivity index (χ4v) is 2.28. The van der Waals surface area contributed by atoms with Gasteiger partial charge in [0.2, 0.25) is 0 Å². The third kappa shape index (κ3) is 3.57. The molecule has 1 aromatic carbocycles. The second-order valence-electron chi connectivity index (χ2n) is 4.97. The van der Waals surface area contributed by atoms with Crippen LogP contribution in [0.1, 0.15) is 31.7 Å². The Balaban J connectivity index is 1.90. The molecule has 2 N–H and O–H groups in total. The van der Waals surface area contributed by atoms with Gasteiger partial charge in [-0.05, 0) is 37.0 Å². The molecule has 0 aliphatic carbocycles. The Hall–Kier alpha value is -1.88. The van der Waals surface area contributed by atoms with Crippen molar-refractivity contribution in [3.63, 3.8) is 0 Å². The van der Waals surface area contributed by atoms with E-state index >= 15 is 0 Å². The van der Waals surface area contributed by atoms with Gasteiger partial charge in [-0.3, -0.25) is 4.79 Å². The number of anilines is 1. The van der Waals surface area contributed by atoms with Crippen LogP contribution in [-0.2, 0) is 20.7 Å². The summed E-state index contributed by atoms with van der Waals surface area (Å²) in [5, 5.41) is 11.6. The van der Waals surface area contributed by atoms with Crippen LogP contribution in [0.3, 0.4) is 0 Å². The van der Waals surface area contributed by atoms with Gasteiger partial charge in [-0.2, -0.15) is 0 Å². The first-order chi connectivity index (χ1) is 9.60. The fraction of sp³-hybridized carbons (Fsp3) is 0.467. The van der Waals surface area contributed by atoms with Gasteiger partial charge in [-0.1, -0.05) is 25.5 Å². The summed E-state index contributed by atoms with van der Waals surface area (Å²) in [6.07, 6.45) is 1.38. The number of nitrogens with one attached hydrogen (secondary N) is 1. The van der Waals surface area contributed by atoms with Crippen molar-refractivity contribution < 1.29 is 19.4 Å². The molecule has 1 saturated heterocycles. The molecule has 2 atom stereocenters. The molecule has 1 aromatic rings. The van der Waals surface area contributed by atoms with Crippen molar-refractivity contribution in [3.8, 4) is 0 Å². The smallest absolute Gasteiger partial charge is 0.332 e. The van der Waals surface area contributed by atoms with Gasteiger partial charge >= 0.3 is 5.97 Å². The van der Waals surface area contributed by atoms with Crippen molar-refractivity contribution >= 4 is 17.6 Å². The number of rotatable bonds is 5. The number of hydrogen-bond acceptors (Lipinski definition) is 3. The lowest BCUT2D eigenvalue weighted by Crippen LogP contribution is -2.29. The molecule has 0 aromatic heterocycles. The van der Waals surface area contributed by atoms with Gasteiger partial charge in [0.25, 0.3) is 5.91 Å². The lowest BCUT2D eigenvalue weighted by molar-refractivity contribution is -0.150. The number of hydrogen-bond donors (Lipinski definition) is 2. The molecule has 1 aliphatic heterocycles. The van der Waals surface area contributed by atoms with Crippen LogP contribution in [0.2, 0.25) is 0 Å². The Morgan fingerprint density at radius 2 is 1.90 bits per heavy atom. The minimum atomic E-state index is -1.01. The zero-order valence-corrected chi connectivity index (χ0v) is 11.5. The van der Waals surface area contributed by atoms with Crippen molar-refractivity contribution in [1.82, 2.24) is 0 Å². The van der Waals surface area contributed by atoms with Crippen LogP contribution in [0, 0.1) is 0 Å². The maximum atomic E-state index is 12.0. The van der Waals surface area contributed by atoms with E-state index in [1.807, 2.05) is 24.3 Å². The summed E-state index contributed by atoms with van der Waals surface area (Å²) in [5.74, 6) is -1.29. The molecule has 0 bridgehead atoms. The third-order valence-electron chi connectivity index (χ3n) is 3.35. The highest BCUT2D eigenvalue weighted by molar-refractivity contribution is 5.94. The molecule has 1 fully saturated rings. The number of carboxylic acid groups (broad SMARTS) is 1. The minimum absolute atomic E-state index is 0.281. The molecule has 0 spiro atoms. The Morgan fingerprint density at radius 3 is 2.45 bits per heavy atom. The summed E-state index contributed by atoms with van der Waals surface area (Å²) < 4.78 is 5.21. The highest BCUT2D eigenvalue weighted by Gasteiger charge is 2.34. The van der Waals surface area contributed by atoms with E-state index in [4.69, 9.17) is 9.84 Å². The van der Waals surface area contributed by atoms with Crippen LogP contribution in [0.25, 0.3) is 0 Å². The van der Waals surface area contributed by atoms with E-state index in [2.05, 4.69) is 12.2 Å². The normalized spacial score (nSPS) is 21.6. The SMILES string of the molecule is CCCc1ccc(NC(=O)[C@@H]2CC[C@H](C(=O)O)O2)cc1. The van der Waals surface area contributed by atoms with Gasteiger partial charge in [-0.15, -0.1) is 0 Å². The number of aryl methyl sites for hydroxylation is 1. The Labute approximate surface area is 117 Å². The van der Waals surface area contributed by atoms with E-state index < -0.39 is 18.2 Å². The van der Waals surface area contributed by atoms with Crippen molar-refractivity contribution in [2.24, 2.45) is 0 Å². The molecule has 20 heavy (non-hydrogen) atoms. The van der Waals surface area contributed by atoms with Crippen LogP contribution < -0.4 is 5.32 Å². The predicted molar refractivity (Wildman–Crippen MR) is 74.6 cm³/mol. The van der Waals surface area contributed by atoms with Crippen molar-refractivity contribution in [1.29, 1.82) is 0 Å². The molecule has 108 valence electrons. The number of carboxylic acids is 1. The Kier molecular flexibility index (Phi) is 4.74. The summed E-state index contributed by atoms with van der Waals surface area (Å²) in [6.45, 7) is 2.12. The standard InChI is InChI=1S/C15H19NO4/c1-2-3-10-4-6-11(7-5-10)16-14(17)12-8-9-13(20-12)15(18)19/h4-7,12-13H,2-3,8-9H2,1H3,(H,16,17)(H,18,19)/t12-,13+/m0/s1. The predicted octanol–water partition coefficient (Wildman–Crippen LogP) is 2.21. The number of aliphatic carboxylic acids is 1. The first-order valence-corrected chi connectivity index (χ1v) is 6.88. The van der Waals surface area contributed by atoms with Crippen LogP contribution in [0.4, 0.5) is 5.69 Å². The molecule has 0 radical (unpaired) electrons. The zero-order chi connectivity index (χ0) is 14.5. The number of carbonyl (C=O) groups is 2. The van der Waals surface area contributed by atoms with Gasteiger partial charge < -0.3 is 15.2 Å². The van der Waals surface area contributed by atoms with Crippen LogP contribution in [0.5, 0.6) is 0 Å². The zero-order valence-electron chi connectivity index (χ0n) is 11.5. The first kappa shape index (κ1) is 14.5. The van der Waals surface area contributed by atoms with Crippen LogP contribution in [-0.4, -0.2) is 29.2 Å². The average Bonchev–Trinajstić information content (AvgIpc) is 2.91. The molecular formula is C15H19NO4. The Bertz CT molecular complexity index is 483. The monoisotopic (exact) mass is 277 g/mol. The Morgan fingerprint density at radius 1 is 1.25 bits per heavy atom. The third-order valence-corrected chi connectivity index (χ3v) is 3.35. The average molecular weight is 277 g/mol. The van der Waals surface area contributed by atoms with Gasteiger partial charge in [0.05, 0.1) is 0 Å². The summed E-state index contributed by atoms with van der Waals surface area (Å²) >= 11 is 0. The van der Waals surface area contributed by atoms with E-state index in [9.17, 15) is 9.59 Å². The fourth-order valence-electron chi connectivity index (χ4n) is 2.28. The first-order valence-electron chi connectivity index (χ1n) is 6.88. The maximum absolute atomic E-state index is 12.0. The highest BCUT2D eigenvalue weighted by atomic mass is 16.5. The lowest BCUT2D eigenvalue weighted by atomic mass is 10.1. The molecular weight excluding hydrogens is 258 g/mol. The maximum Gasteiger partial charge on any atom is 0.332 e. The van der Waals surface area contributed by atoms with E-state index in [0.717, 1.165) is 12.8 Å². The highest BCUT2D eigenvalue weighted by Crippen LogP contribution is 2.21. The summed E-state index contributed by atoms with van der Waals surface area (Å²) in [7, 11) is 0. The van der Waals surface area contributed by atoms with Crippen molar-refractivity contribution in [2.45, 2.75) is 44.8 Å². The number of benzene rings is 1. The summed E-state index contributed by atoms with van der Waals surface area (Å²) in [5.41, 5.74) is 1.94. The largest absolute Gasteiger partial charge is 0.479 e. The van der Waals surface area contributed by atoms with Crippen molar-refractivity contribution in [2.75, 3.05) is 5.32 Å².